The maximum atomic E-state index is 12.8. The van der Waals surface area contributed by atoms with Crippen molar-refractivity contribution in [1.82, 2.24) is 0 Å². The Kier molecular flexibility index (Phi) is 39.2. The highest BCUT2D eigenvalue weighted by Crippen LogP contribution is 2.23. The summed E-state index contributed by atoms with van der Waals surface area (Å²) in [5.74, 6) is -0.871. The van der Waals surface area contributed by atoms with Crippen molar-refractivity contribution in [3.05, 3.63) is 60.8 Å². The molecule has 6 atom stereocenters. The van der Waals surface area contributed by atoms with E-state index in [-0.39, 0.29) is 32.0 Å². The molecule has 1 aliphatic heterocycles. The summed E-state index contributed by atoms with van der Waals surface area (Å²) in [4.78, 5) is 25.4. The average molecular weight is 875 g/mol. The van der Waals surface area contributed by atoms with E-state index < -0.39 is 49.4 Å². The summed E-state index contributed by atoms with van der Waals surface area (Å²) in [5.41, 5.74) is 0. The maximum Gasteiger partial charge on any atom is 0.306 e. The molecule has 0 spiro atoms. The van der Waals surface area contributed by atoms with Crippen molar-refractivity contribution in [2.45, 2.75) is 237 Å². The monoisotopic (exact) mass is 875 g/mol. The van der Waals surface area contributed by atoms with Gasteiger partial charge in [0.05, 0.1) is 13.2 Å². The number of carbonyl (C=O) groups is 2. The minimum absolute atomic E-state index is 0.151. The number of hydrogen-bond acceptors (Lipinski definition) is 10. The minimum atomic E-state index is -1.61. The molecule has 0 saturated carbocycles. The topological polar surface area (TPSA) is 152 Å². The van der Waals surface area contributed by atoms with E-state index in [1.54, 1.807) is 0 Å². The average Bonchev–Trinajstić information content (AvgIpc) is 3.27. The van der Waals surface area contributed by atoms with Crippen LogP contribution in [0.25, 0.3) is 0 Å². The molecule has 0 amide bonds. The van der Waals surface area contributed by atoms with Gasteiger partial charge in [-0.05, 0) is 51.4 Å². The summed E-state index contributed by atoms with van der Waals surface area (Å²) >= 11 is 0. The fourth-order valence-corrected chi connectivity index (χ4v) is 7.28. The second-order valence-corrected chi connectivity index (χ2v) is 16.9. The first kappa shape index (κ1) is 57.4. The van der Waals surface area contributed by atoms with Crippen LogP contribution >= 0.6 is 0 Å². The van der Waals surface area contributed by atoms with E-state index in [0.29, 0.717) is 12.8 Å². The molecule has 0 aliphatic carbocycles. The summed E-state index contributed by atoms with van der Waals surface area (Å²) in [6.45, 7) is 3.27. The van der Waals surface area contributed by atoms with Crippen LogP contribution in [0.1, 0.15) is 200 Å². The molecule has 2 unspecified atom stereocenters. The van der Waals surface area contributed by atoms with Gasteiger partial charge < -0.3 is 39.4 Å². The number of esters is 2. The summed E-state index contributed by atoms with van der Waals surface area (Å²) in [6, 6.07) is 0. The minimum Gasteiger partial charge on any atom is -0.462 e. The molecule has 10 heteroatoms. The molecular formula is C52H90O10. The van der Waals surface area contributed by atoms with Crippen molar-refractivity contribution in [2.24, 2.45) is 0 Å². The van der Waals surface area contributed by atoms with Crippen LogP contribution in [0.15, 0.2) is 60.8 Å². The number of unbranched alkanes of at least 4 members (excludes halogenated alkanes) is 20. The molecule has 0 aromatic heterocycles. The van der Waals surface area contributed by atoms with Gasteiger partial charge in [-0.3, -0.25) is 9.59 Å². The number of ether oxygens (including phenoxy) is 4. The molecule has 0 aromatic rings. The third-order valence-corrected chi connectivity index (χ3v) is 11.2. The predicted octanol–water partition coefficient (Wildman–Crippen LogP) is 11.4. The highest BCUT2D eigenvalue weighted by Gasteiger charge is 2.44. The second kappa shape index (κ2) is 42.4. The number of aliphatic hydroxyl groups is 4. The zero-order valence-electron chi connectivity index (χ0n) is 39.1. The molecule has 0 aromatic carbocycles. The van der Waals surface area contributed by atoms with Crippen molar-refractivity contribution >= 4 is 11.9 Å². The molecular weight excluding hydrogens is 785 g/mol. The van der Waals surface area contributed by atoms with Gasteiger partial charge in [-0.2, -0.15) is 0 Å². The van der Waals surface area contributed by atoms with Crippen molar-refractivity contribution in [1.29, 1.82) is 0 Å². The van der Waals surface area contributed by atoms with Crippen LogP contribution in [0.2, 0.25) is 0 Å². The molecule has 358 valence electrons. The number of hydrogen-bond donors (Lipinski definition) is 4. The first-order valence-corrected chi connectivity index (χ1v) is 24.9. The first-order chi connectivity index (χ1) is 30.3. The van der Waals surface area contributed by atoms with Crippen LogP contribution in [0.5, 0.6) is 0 Å². The Bertz CT molecular complexity index is 1190. The summed E-state index contributed by atoms with van der Waals surface area (Å²) < 4.78 is 22.2. The van der Waals surface area contributed by atoms with Crippen LogP contribution in [0.3, 0.4) is 0 Å². The van der Waals surface area contributed by atoms with E-state index in [0.717, 1.165) is 51.4 Å². The lowest BCUT2D eigenvalue weighted by Crippen LogP contribution is -2.59. The van der Waals surface area contributed by atoms with Crippen LogP contribution in [0.4, 0.5) is 0 Å². The molecule has 1 aliphatic rings. The van der Waals surface area contributed by atoms with Crippen molar-refractivity contribution in [3.8, 4) is 0 Å². The van der Waals surface area contributed by atoms with E-state index in [2.05, 4.69) is 68.5 Å². The quantitative estimate of drug-likeness (QED) is 0.0265. The number of allylic oxidation sites excluding steroid dienone is 10. The Balaban J connectivity index is 2.30. The van der Waals surface area contributed by atoms with Gasteiger partial charge in [0.2, 0.25) is 0 Å². The molecule has 4 N–H and O–H groups in total. The van der Waals surface area contributed by atoms with E-state index in [4.69, 9.17) is 18.9 Å². The smallest absolute Gasteiger partial charge is 0.306 e. The van der Waals surface area contributed by atoms with Crippen molar-refractivity contribution in [2.75, 3.05) is 19.8 Å². The van der Waals surface area contributed by atoms with Crippen molar-refractivity contribution < 1.29 is 49.0 Å². The Hall–Kier alpha value is -2.60. The molecule has 1 heterocycles. The van der Waals surface area contributed by atoms with Gasteiger partial charge in [-0.15, -0.1) is 0 Å². The summed E-state index contributed by atoms with van der Waals surface area (Å²) in [7, 11) is 0. The Morgan fingerprint density at radius 3 is 1.42 bits per heavy atom. The number of carbonyl (C=O) groups excluding carboxylic acids is 2. The summed E-state index contributed by atoms with van der Waals surface area (Å²) in [6.07, 6.45) is 45.2. The van der Waals surface area contributed by atoms with Gasteiger partial charge in [0.15, 0.2) is 12.4 Å². The largest absolute Gasteiger partial charge is 0.462 e. The van der Waals surface area contributed by atoms with Gasteiger partial charge in [0.25, 0.3) is 0 Å². The zero-order valence-corrected chi connectivity index (χ0v) is 39.1. The predicted molar refractivity (Wildman–Crippen MR) is 251 cm³/mol. The van der Waals surface area contributed by atoms with Gasteiger partial charge in [0.1, 0.15) is 31.0 Å². The first-order valence-electron chi connectivity index (χ1n) is 24.9. The fraction of sp³-hybridized carbons (Fsp3) is 0.769. The Morgan fingerprint density at radius 1 is 0.516 bits per heavy atom. The lowest BCUT2D eigenvalue weighted by Gasteiger charge is -2.39. The number of rotatable bonds is 41. The third-order valence-electron chi connectivity index (χ3n) is 11.2. The molecule has 62 heavy (non-hydrogen) atoms. The Labute approximate surface area is 377 Å². The van der Waals surface area contributed by atoms with Crippen molar-refractivity contribution in [3.63, 3.8) is 0 Å². The van der Waals surface area contributed by atoms with Crippen LogP contribution in [0, 0.1) is 0 Å². The SMILES string of the molecule is CC/C=C/C/C=C/C/C=C/C/C=C/C/C=C/CCCC(=O)O[C@@H](COC(=O)CCCCCCCCCCCCCCCCCCCCCC)CO[C@H]1O[C@@H](CO)[C@@H](O)C(O)C1O. The fourth-order valence-electron chi connectivity index (χ4n) is 7.28. The second-order valence-electron chi connectivity index (χ2n) is 16.9. The van der Waals surface area contributed by atoms with Gasteiger partial charge >= 0.3 is 11.9 Å². The van der Waals surface area contributed by atoms with E-state index in [9.17, 15) is 30.0 Å². The van der Waals surface area contributed by atoms with Crippen LogP contribution < -0.4 is 0 Å². The van der Waals surface area contributed by atoms with Gasteiger partial charge in [-0.1, -0.05) is 197 Å². The highest BCUT2D eigenvalue weighted by molar-refractivity contribution is 5.70. The molecule has 1 fully saturated rings. The molecule has 1 saturated heterocycles. The van der Waals surface area contributed by atoms with E-state index in [1.165, 1.54) is 109 Å². The van der Waals surface area contributed by atoms with Gasteiger partial charge in [-0.25, -0.2) is 0 Å². The third kappa shape index (κ3) is 33.0. The van der Waals surface area contributed by atoms with E-state index >= 15 is 0 Å². The Morgan fingerprint density at radius 2 is 0.952 bits per heavy atom. The zero-order chi connectivity index (χ0) is 45.1. The van der Waals surface area contributed by atoms with Crippen LogP contribution in [-0.2, 0) is 28.5 Å². The highest BCUT2D eigenvalue weighted by atomic mass is 16.7. The lowest BCUT2D eigenvalue weighted by molar-refractivity contribution is -0.305. The van der Waals surface area contributed by atoms with Crippen LogP contribution in [-0.4, -0.2) is 89.0 Å². The molecule has 10 nitrogen and oxygen atoms in total. The lowest BCUT2D eigenvalue weighted by atomic mass is 9.99. The van der Waals surface area contributed by atoms with E-state index in [1.807, 2.05) is 6.08 Å². The molecule has 0 radical (unpaired) electrons. The summed E-state index contributed by atoms with van der Waals surface area (Å²) in [5, 5.41) is 40.2. The van der Waals surface area contributed by atoms with Gasteiger partial charge in [0, 0.05) is 12.8 Å². The molecule has 0 bridgehead atoms. The standard InChI is InChI=1S/C52H90O10/c1-3-5-7-9-11-13-15-17-19-21-22-23-25-26-28-30-32-34-36-38-40-47(54)59-43-45(44-60-52-51(58)50(57)49(56)46(42-53)62-52)61-48(55)41-39-37-35-33-31-29-27-24-20-18-16-14-12-10-8-6-4-2/h6,8,12,14,18,20,27,29,33,35,45-46,49-53,56-58H,3-5,7,9-11,13,15-17,19,21-26,28,30-32,34,36-44H2,1-2H3/b8-6+,14-12+,20-18+,29-27+,35-33+/t45-,46-,49+,50?,51?,52-/m0/s1. The molecule has 1 rings (SSSR count). The maximum absolute atomic E-state index is 12.8. The normalized spacial score (nSPS) is 20.1. The number of aliphatic hydroxyl groups excluding tert-OH is 4.